The van der Waals surface area contributed by atoms with Crippen LogP contribution in [0.15, 0.2) is 28.6 Å². The molecule has 0 radical (unpaired) electrons. The number of carbonyl (C=O) groups excluding carboxylic acids is 1. The number of hydrogen-bond acceptors (Lipinski definition) is 2. The molecule has 0 atom stereocenters. The SMILES string of the molecule is O=C(/C(F)=C\c1ccco1)N1CCCCC1. The van der Waals surface area contributed by atoms with Crippen molar-refractivity contribution in [3.63, 3.8) is 0 Å². The zero-order chi connectivity index (χ0) is 11.4. The monoisotopic (exact) mass is 223 g/mol. The van der Waals surface area contributed by atoms with Crippen LogP contribution in [-0.2, 0) is 4.79 Å². The van der Waals surface area contributed by atoms with Gasteiger partial charge in [-0.1, -0.05) is 0 Å². The van der Waals surface area contributed by atoms with Crippen molar-refractivity contribution >= 4 is 12.0 Å². The van der Waals surface area contributed by atoms with E-state index in [9.17, 15) is 9.18 Å². The third-order valence-electron chi connectivity index (χ3n) is 2.66. The summed E-state index contributed by atoms with van der Waals surface area (Å²) in [6, 6.07) is 3.27. The molecule has 0 saturated carbocycles. The van der Waals surface area contributed by atoms with Crippen molar-refractivity contribution in [2.75, 3.05) is 13.1 Å². The van der Waals surface area contributed by atoms with Crippen LogP contribution in [0.5, 0.6) is 0 Å². The topological polar surface area (TPSA) is 33.5 Å². The first kappa shape index (κ1) is 10.9. The molecule has 86 valence electrons. The molecule has 3 nitrogen and oxygen atoms in total. The predicted molar refractivity (Wildman–Crippen MR) is 58.2 cm³/mol. The van der Waals surface area contributed by atoms with E-state index in [0.717, 1.165) is 25.3 Å². The summed E-state index contributed by atoms with van der Waals surface area (Å²) in [5.74, 6) is -0.921. The summed E-state index contributed by atoms with van der Waals surface area (Å²) in [6.45, 7) is 1.30. The van der Waals surface area contributed by atoms with Gasteiger partial charge in [0.05, 0.1) is 6.26 Å². The van der Waals surface area contributed by atoms with Gasteiger partial charge < -0.3 is 9.32 Å². The van der Waals surface area contributed by atoms with Crippen LogP contribution < -0.4 is 0 Å². The fourth-order valence-corrected chi connectivity index (χ4v) is 1.81. The summed E-state index contributed by atoms with van der Waals surface area (Å²) in [5.41, 5.74) is 0. The quantitative estimate of drug-likeness (QED) is 0.722. The summed E-state index contributed by atoms with van der Waals surface area (Å²) in [5, 5.41) is 0. The lowest BCUT2D eigenvalue weighted by Crippen LogP contribution is -2.35. The van der Waals surface area contributed by atoms with Gasteiger partial charge in [-0.15, -0.1) is 0 Å². The summed E-state index contributed by atoms with van der Waals surface area (Å²) in [6.07, 6.45) is 5.62. The van der Waals surface area contributed by atoms with Gasteiger partial charge in [-0.2, -0.15) is 0 Å². The number of furan rings is 1. The molecule has 2 rings (SSSR count). The van der Waals surface area contributed by atoms with Gasteiger partial charge in [0, 0.05) is 19.2 Å². The highest BCUT2D eigenvalue weighted by Crippen LogP contribution is 2.15. The summed E-state index contributed by atoms with van der Waals surface area (Å²) >= 11 is 0. The van der Waals surface area contributed by atoms with Crippen LogP contribution in [0.2, 0.25) is 0 Å². The van der Waals surface area contributed by atoms with Crippen LogP contribution in [0.1, 0.15) is 25.0 Å². The molecule has 1 aromatic heterocycles. The van der Waals surface area contributed by atoms with E-state index in [-0.39, 0.29) is 0 Å². The number of halogens is 1. The van der Waals surface area contributed by atoms with Gasteiger partial charge in [-0.25, -0.2) is 4.39 Å². The zero-order valence-electron chi connectivity index (χ0n) is 8.99. The maximum atomic E-state index is 13.6. The predicted octanol–water partition coefficient (Wildman–Crippen LogP) is 2.60. The van der Waals surface area contributed by atoms with E-state index in [1.807, 2.05) is 0 Å². The third kappa shape index (κ3) is 2.51. The van der Waals surface area contributed by atoms with Gasteiger partial charge in [0.15, 0.2) is 5.83 Å². The second kappa shape index (κ2) is 4.96. The molecule has 16 heavy (non-hydrogen) atoms. The number of amides is 1. The molecule has 1 aliphatic heterocycles. The van der Waals surface area contributed by atoms with Crippen LogP contribution >= 0.6 is 0 Å². The van der Waals surface area contributed by atoms with Crippen LogP contribution in [0.3, 0.4) is 0 Å². The Labute approximate surface area is 93.5 Å². The number of rotatable bonds is 2. The van der Waals surface area contributed by atoms with Crippen LogP contribution in [0.4, 0.5) is 4.39 Å². The van der Waals surface area contributed by atoms with Crippen molar-refractivity contribution in [3.8, 4) is 0 Å². The molecule has 0 aromatic carbocycles. The van der Waals surface area contributed by atoms with E-state index in [4.69, 9.17) is 4.42 Å². The molecule has 0 aliphatic carbocycles. The highest BCUT2D eigenvalue weighted by atomic mass is 19.1. The number of likely N-dealkylation sites (tertiary alicyclic amines) is 1. The normalized spacial score (nSPS) is 17.6. The third-order valence-corrected chi connectivity index (χ3v) is 2.66. The van der Waals surface area contributed by atoms with Crippen molar-refractivity contribution in [2.45, 2.75) is 19.3 Å². The maximum Gasteiger partial charge on any atom is 0.282 e. The van der Waals surface area contributed by atoms with E-state index < -0.39 is 11.7 Å². The van der Waals surface area contributed by atoms with Crippen molar-refractivity contribution < 1.29 is 13.6 Å². The standard InChI is InChI=1S/C12H14FNO2/c13-11(9-10-5-4-8-16-10)12(15)14-6-2-1-3-7-14/h4-5,8-9H,1-3,6-7H2/b11-9+. The molecule has 0 spiro atoms. The summed E-state index contributed by atoms with van der Waals surface area (Å²) in [4.78, 5) is 13.2. The lowest BCUT2D eigenvalue weighted by atomic mass is 10.1. The molecule has 1 aromatic rings. The van der Waals surface area contributed by atoms with Crippen molar-refractivity contribution in [1.29, 1.82) is 0 Å². The Morgan fingerprint density at radius 3 is 2.75 bits per heavy atom. The largest absolute Gasteiger partial charge is 0.465 e. The Morgan fingerprint density at radius 1 is 1.38 bits per heavy atom. The van der Waals surface area contributed by atoms with E-state index in [1.165, 1.54) is 6.26 Å². The molecular weight excluding hydrogens is 209 g/mol. The first-order valence-corrected chi connectivity index (χ1v) is 5.47. The Morgan fingerprint density at radius 2 is 2.12 bits per heavy atom. The molecular formula is C12H14FNO2. The van der Waals surface area contributed by atoms with Crippen LogP contribution in [-0.4, -0.2) is 23.9 Å². The molecule has 1 aliphatic rings. The van der Waals surface area contributed by atoms with Gasteiger partial charge in [0.1, 0.15) is 5.76 Å². The molecule has 1 fully saturated rings. The molecule has 2 heterocycles. The van der Waals surface area contributed by atoms with E-state index >= 15 is 0 Å². The number of nitrogens with zero attached hydrogens (tertiary/aromatic N) is 1. The first-order valence-electron chi connectivity index (χ1n) is 5.47. The highest BCUT2D eigenvalue weighted by Gasteiger charge is 2.20. The van der Waals surface area contributed by atoms with Crippen LogP contribution in [0, 0.1) is 0 Å². The van der Waals surface area contributed by atoms with E-state index in [1.54, 1.807) is 17.0 Å². The van der Waals surface area contributed by atoms with Gasteiger partial charge in [-0.05, 0) is 31.4 Å². The lowest BCUT2D eigenvalue weighted by Gasteiger charge is -2.25. The van der Waals surface area contributed by atoms with Gasteiger partial charge >= 0.3 is 0 Å². The van der Waals surface area contributed by atoms with Crippen molar-refractivity contribution in [3.05, 3.63) is 30.0 Å². The molecule has 4 heteroatoms. The molecule has 0 bridgehead atoms. The Balaban J connectivity index is 2.03. The van der Waals surface area contributed by atoms with Crippen LogP contribution in [0.25, 0.3) is 6.08 Å². The van der Waals surface area contributed by atoms with Gasteiger partial charge in [-0.3, -0.25) is 4.79 Å². The average Bonchev–Trinajstić information content (AvgIpc) is 2.82. The minimum Gasteiger partial charge on any atom is -0.465 e. The maximum absolute atomic E-state index is 13.6. The van der Waals surface area contributed by atoms with E-state index in [0.29, 0.717) is 18.8 Å². The molecule has 0 unspecified atom stereocenters. The molecule has 0 N–H and O–H groups in total. The fourth-order valence-electron chi connectivity index (χ4n) is 1.81. The average molecular weight is 223 g/mol. The van der Waals surface area contributed by atoms with E-state index in [2.05, 4.69) is 0 Å². The smallest absolute Gasteiger partial charge is 0.282 e. The van der Waals surface area contributed by atoms with Crippen molar-refractivity contribution in [1.82, 2.24) is 4.90 Å². The second-order valence-corrected chi connectivity index (χ2v) is 3.86. The summed E-state index contributed by atoms with van der Waals surface area (Å²) < 4.78 is 18.5. The minimum atomic E-state index is -0.753. The van der Waals surface area contributed by atoms with Gasteiger partial charge in [0.25, 0.3) is 5.91 Å². The van der Waals surface area contributed by atoms with Crippen molar-refractivity contribution in [2.24, 2.45) is 0 Å². The number of piperidine rings is 1. The molecule has 1 saturated heterocycles. The minimum absolute atomic E-state index is 0.364. The summed E-state index contributed by atoms with van der Waals surface area (Å²) in [7, 11) is 0. The Bertz CT molecular complexity index is 378. The second-order valence-electron chi connectivity index (χ2n) is 3.86. The number of carbonyl (C=O) groups is 1. The van der Waals surface area contributed by atoms with Gasteiger partial charge in [0.2, 0.25) is 0 Å². The zero-order valence-corrected chi connectivity index (χ0v) is 8.99. The Hall–Kier alpha value is -1.58. The Kier molecular flexibility index (Phi) is 3.39. The fraction of sp³-hybridized carbons (Fsp3) is 0.417. The first-order chi connectivity index (χ1) is 7.77. The molecule has 1 amide bonds. The number of hydrogen-bond donors (Lipinski definition) is 0. The lowest BCUT2D eigenvalue weighted by molar-refractivity contribution is -0.129. The highest BCUT2D eigenvalue weighted by molar-refractivity contribution is 5.95.